The van der Waals surface area contributed by atoms with Crippen molar-refractivity contribution in [2.45, 2.75) is 20.4 Å². The largest absolute Gasteiger partial charge is 0.315 e. The van der Waals surface area contributed by atoms with Crippen molar-refractivity contribution >= 4 is 0 Å². The minimum absolute atomic E-state index is 0.736. The van der Waals surface area contributed by atoms with E-state index in [0.717, 1.165) is 32.1 Å². The Hall–Kier alpha value is -0.930. The summed E-state index contributed by atoms with van der Waals surface area (Å²) < 4.78 is 0. The van der Waals surface area contributed by atoms with Crippen LogP contribution in [0, 0.1) is 12.8 Å². The van der Waals surface area contributed by atoms with E-state index < -0.39 is 0 Å². The van der Waals surface area contributed by atoms with Crippen molar-refractivity contribution in [1.29, 1.82) is 0 Å². The first-order valence-electron chi connectivity index (χ1n) is 6.08. The number of nitrogens with one attached hydrogen (secondary N) is 1. The van der Waals surface area contributed by atoms with E-state index in [1.165, 1.54) is 17.7 Å². The fraction of sp³-hybridized carbons (Fsp3) is 0.615. The van der Waals surface area contributed by atoms with Gasteiger partial charge in [-0.15, -0.1) is 0 Å². The minimum Gasteiger partial charge on any atom is -0.315 e. The van der Waals surface area contributed by atoms with E-state index in [4.69, 9.17) is 0 Å². The summed E-state index contributed by atoms with van der Waals surface area (Å²) in [6, 6.07) is 2.09. The molecule has 16 heavy (non-hydrogen) atoms. The van der Waals surface area contributed by atoms with Gasteiger partial charge >= 0.3 is 0 Å². The Morgan fingerprint density at radius 3 is 3.25 bits per heavy atom. The van der Waals surface area contributed by atoms with Crippen LogP contribution >= 0.6 is 0 Å². The normalized spacial score (nSPS) is 23.0. The molecule has 1 atom stereocenters. The quantitative estimate of drug-likeness (QED) is 0.815. The number of hydrogen-bond acceptors (Lipinski definition) is 3. The molecule has 0 radical (unpaired) electrons. The second-order valence-corrected chi connectivity index (χ2v) is 4.85. The Balaban J connectivity index is 2.00. The number of hydrogen-bond donors (Lipinski definition) is 1. The molecular weight excluding hydrogens is 198 g/mol. The van der Waals surface area contributed by atoms with Gasteiger partial charge in [0.2, 0.25) is 0 Å². The molecule has 1 N–H and O–H groups in total. The van der Waals surface area contributed by atoms with Gasteiger partial charge in [-0.25, -0.2) is 0 Å². The van der Waals surface area contributed by atoms with Crippen LogP contribution in [0.3, 0.4) is 0 Å². The minimum atomic E-state index is 0.736. The van der Waals surface area contributed by atoms with Gasteiger partial charge in [-0.3, -0.25) is 9.88 Å². The lowest BCUT2D eigenvalue weighted by Gasteiger charge is -2.22. The monoisotopic (exact) mass is 219 g/mol. The average molecular weight is 219 g/mol. The number of aryl methyl sites for hydroxylation is 1. The smallest absolute Gasteiger partial charge is 0.0315 e. The maximum absolute atomic E-state index is 4.21. The third kappa shape index (κ3) is 3.03. The van der Waals surface area contributed by atoms with E-state index in [0.29, 0.717) is 0 Å². The van der Waals surface area contributed by atoms with Gasteiger partial charge in [0.25, 0.3) is 0 Å². The first kappa shape index (κ1) is 11.6. The van der Waals surface area contributed by atoms with Gasteiger partial charge in [0, 0.05) is 38.6 Å². The third-order valence-electron chi connectivity index (χ3n) is 3.21. The van der Waals surface area contributed by atoms with E-state index in [2.05, 4.69) is 35.1 Å². The van der Waals surface area contributed by atoms with Crippen molar-refractivity contribution in [2.24, 2.45) is 5.92 Å². The van der Waals surface area contributed by atoms with Gasteiger partial charge < -0.3 is 5.32 Å². The lowest BCUT2D eigenvalue weighted by molar-refractivity contribution is 0.256. The molecule has 0 saturated carbocycles. The molecule has 0 amide bonds. The van der Waals surface area contributed by atoms with Crippen LogP contribution in [0.4, 0.5) is 0 Å². The zero-order chi connectivity index (χ0) is 11.4. The standard InChI is InChI=1S/C13H21N3/c1-11-7-15-5-6-16(9-11)10-13-8-14-4-3-12(13)2/h3-4,8,11,15H,5-7,9-10H2,1-2H3. The van der Waals surface area contributed by atoms with E-state index in [1.54, 1.807) is 0 Å². The molecule has 2 heterocycles. The maximum Gasteiger partial charge on any atom is 0.0315 e. The number of aromatic nitrogens is 1. The van der Waals surface area contributed by atoms with Gasteiger partial charge in [0.15, 0.2) is 0 Å². The van der Waals surface area contributed by atoms with Gasteiger partial charge in [-0.2, -0.15) is 0 Å². The molecule has 0 spiro atoms. The van der Waals surface area contributed by atoms with Crippen LogP contribution in [0.25, 0.3) is 0 Å². The van der Waals surface area contributed by atoms with E-state index in [9.17, 15) is 0 Å². The van der Waals surface area contributed by atoms with Crippen LogP contribution in [0.15, 0.2) is 18.5 Å². The van der Waals surface area contributed by atoms with Crippen LogP contribution in [0.1, 0.15) is 18.1 Å². The van der Waals surface area contributed by atoms with Crippen LogP contribution in [-0.4, -0.2) is 36.1 Å². The highest BCUT2D eigenvalue weighted by Gasteiger charge is 2.14. The first-order valence-corrected chi connectivity index (χ1v) is 6.08. The Morgan fingerprint density at radius 1 is 1.56 bits per heavy atom. The summed E-state index contributed by atoms with van der Waals surface area (Å²) in [7, 11) is 0. The second-order valence-electron chi connectivity index (χ2n) is 4.85. The molecule has 3 heteroatoms. The van der Waals surface area contributed by atoms with Gasteiger partial charge in [0.05, 0.1) is 0 Å². The van der Waals surface area contributed by atoms with Gasteiger partial charge in [-0.1, -0.05) is 6.92 Å². The summed E-state index contributed by atoms with van der Waals surface area (Å²) in [6.07, 6.45) is 3.86. The summed E-state index contributed by atoms with van der Waals surface area (Å²) in [4.78, 5) is 6.73. The molecule has 0 aliphatic carbocycles. The van der Waals surface area contributed by atoms with E-state index >= 15 is 0 Å². The van der Waals surface area contributed by atoms with Crippen LogP contribution in [0.2, 0.25) is 0 Å². The number of rotatable bonds is 2. The zero-order valence-corrected chi connectivity index (χ0v) is 10.2. The third-order valence-corrected chi connectivity index (χ3v) is 3.21. The lowest BCUT2D eigenvalue weighted by Crippen LogP contribution is -2.29. The molecule has 88 valence electrons. The molecule has 3 nitrogen and oxygen atoms in total. The van der Waals surface area contributed by atoms with Crippen LogP contribution < -0.4 is 5.32 Å². The summed E-state index contributed by atoms with van der Waals surface area (Å²) in [5.74, 6) is 0.736. The topological polar surface area (TPSA) is 28.2 Å². The summed E-state index contributed by atoms with van der Waals surface area (Å²) in [6.45, 7) is 10.1. The predicted molar refractivity (Wildman–Crippen MR) is 66.3 cm³/mol. The summed E-state index contributed by atoms with van der Waals surface area (Å²) in [5, 5.41) is 3.47. The molecular formula is C13H21N3. The molecule has 1 unspecified atom stereocenters. The first-order chi connectivity index (χ1) is 7.75. The molecule has 1 fully saturated rings. The molecule has 0 aromatic carbocycles. The molecule has 1 aromatic rings. The highest BCUT2D eigenvalue weighted by molar-refractivity contribution is 5.21. The second kappa shape index (κ2) is 5.41. The Kier molecular flexibility index (Phi) is 3.91. The van der Waals surface area contributed by atoms with Crippen molar-refractivity contribution in [3.05, 3.63) is 29.6 Å². The lowest BCUT2D eigenvalue weighted by atomic mass is 10.1. The Bertz CT molecular complexity index is 338. The van der Waals surface area contributed by atoms with E-state index in [1.807, 2.05) is 12.4 Å². The molecule has 1 aliphatic heterocycles. The SMILES string of the molecule is Cc1ccncc1CN1CCNCC(C)C1. The Morgan fingerprint density at radius 2 is 2.44 bits per heavy atom. The van der Waals surface area contributed by atoms with Crippen molar-refractivity contribution in [1.82, 2.24) is 15.2 Å². The van der Waals surface area contributed by atoms with Crippen molar-refractivity contribution in [3.63, 3.8) is 0 Å². The number of nitrogens with zero attached hydrogens (tertiary/aromatic N) is 2. The zero-order valence-electron chi connectivity index (χ0n) is 10.2. The maximum atomic E-state index is 4.21. The highest BCUT2D eigenvalue weighted by Crippen LogP contribution is 2.11. The van der Waals surface area contributed by atoms with Crippen molar-refractivity contribution in [3.8, 4) is 0 Å². The highest BCUT2D eigenvalue weighted by atomic mass is 15.2. The molecule has 1 aliphatic rings. The van der Waals surface area contributed by atoms with Gasteiger partial charge in [0.1, 0.15) is 0 Å². The molecule has 2 rings (SSSR count). The van der Waals surface area contributed by atoms with Gasteiger partial charge in [-0.05, 0) is 36.6 Å². The molecule has 0 bridgehead atoms. The Labute approximate surface area is 97.9 Å². The predicted octanol–water partition coefficient (Wildman–Crippen LogP) is 1.43. The summed E-state index contributed by atoms with van der Waals surface area (Å²) in [5.41, 5.74) is 2.71. The molecule has 1 saturated heterocycles. The fourth-order valence-electron chi connectivity index (χ4n) is 2.23. The van der Waals surface area contributed by atoms with Crippen molar-refractivity contribution in [2.75, 3.05) is 26.2 Å². The fourth-order valence-corrected chi connectivity index (χ4v) is 2.23. The molecule has 1 aromatic heterocycles. The summed E-state index contributed by atoms with van der Waals surface area (Å²) >= 11 is 0. The van der Waals surface area contributed by atoms with Crippen LogP contribution in [-0.2, 0) is 6.54 Å². The number of pyridine rings is 1. The average Bonchev–Trinajstić information content (AvgIpc) is 2.46. The van der Waals surface area contributed by atoms with E-state index in [-0.39, 0.29) is 0 Å². The van der Waals surface area contributed by atoms with Crippen LogP contribution in [0.5, 0.6) is 0 Å². The van der Waals surface area contributed by atoms with Crippen molar-refractivity contribution < 1.29 is 0 Å².